The van der Waals surface area contributed by atoms with Crippen LogP contribution < -0.4 is 31.0 Å². The topological polar surface area (TPSA) is 133 Å². The normalized spacial score (nSPS) is 15.1. The number of nitrogens with two attached hydrogens (primary N) is 2. The maximum atomic E-state index is 11.4. The third kappa shape index (κ3) is 3.54. The fourth-order valence-corrected chi connectivity index (χ4v) is 3.91. The molecular formula is C20H19BrN4O4. The molecule has 2 aromatic rings. The molecule has 0 aliphatic carbocycles. The van der Waals surface area contributed by atoms with E-state index in [0.29, 0.717) is 33.0 Å². The summed E-state index contributed by atoms with van der Waals surface area (Å²) in [5.74, 6) is 0.442. The SMILES string of the molecule is COc1cc(C2C(C#N)=C(N)Oc3c2ccc(NC(C)=O)c3N)cc(Br)c1OC. The van der Waals surface area contributed by atoms with Crippen molar-refractivity contribution in [1.29, 1.82) is 5.26 Å². The van der Waals surface area contributed by atoms with Crippen LogP contribution in [-0.4, -0.2) is 20.1 Å². The number of hydrogen-bond acceptors (Lipinski definition) is 7. The number of carbonyl (C=O) groups is 1. The van der Waals surface area contributed by atoms with Crippen LogP contribution in [0.5, 0.6) is 17.2 Å². The fourth-order valence-electron chi connectivity index (χ4n) is 3.29. The lowest BCUT2D eigenvalue weighted by Gasteiger charge is -2.28. The van der Waals surface area contributed by atoms with Crippen LogP contribution in [0, 0.1) is 11.3 Å². The molecule has 2 aromatic carbocycles. The molecule has 1 amide bonds. The molecule has 0 fully saturated rings. The Balaban J connectivity index is 2.25. The smallest absolute Gasteiger partial charge is 0.221 e. The quantitative estimate of drug-likeness (QED) is 0.598. The van der Waals surface area contributed by atoms with Crippen LogP contribution in [0.4, 0.5) is 11.4 Å². The number of methoxy groups -OCH3 is 2. The van der Waals surface area contributed by atoms with Gasteiger partial charge in [-0.25, -0.2) is 0 Å². The van der Waals surface area contributed by atoms with E-state index >= 15 is 0 Å². The number of ether oxygens (including phenoxy) is 3. The fraction of sp³-hybridized carbons (Fsp3) is 0.200. The van der Waals surface area contributed by atoms with Gasteiger partial charge in [-0.05, 0) is 39.7 Å². The van der Waals surface area contributed by atoms with Crippen LogP contribution in [0.25, 0.3) is 0 Å². The Kier molecular flexibility index (Phi) is 5.57. The first-order valence-electron chi connectivity index (χ1n) is 8.51. The van der Waals surface area contributed by atoms with Gasteiger partial charge in [-0.1, -0.05) is 6.07 Å². The van der Waals surface area contributed by atoms with Crippen molar-refractivity contribution in [2.75, 3.05) is 25.3 Å². The van der Waals surface area contributed by atoms with E-state index in [1.54, 1.807) is 18.2 Å². The molecule has 8 nitrogen and oxygen atoms in total. The lowest BCUT2D eigenvalue weighted by Crippen LogP contribution is -2.22. The molecule has 3 rings (SSSR count). The van der Waals surface area contributed by atoms with Crippen molar-refractivity contribution in [2.24, 2.45) is 5.73 Å². The van der Waals surface area contributed by atoms with Gasteiger partial charge in [0.2, 0.25) is 11.8 Å². The van der Waals surface area contributed by atoms with Gasteiger partial charge < -0.3 is 31.0 Å². The summed E-state index contributed by atoms with van der Waals surface area (Å²) in [6.07, 6.45) is 0. The number of halogens is 1. The van der Waals surface area contributed by atoms with Gasteiger partial charge >= 0.3 is 0 Å². The van der Waals surface area contributed by atoms with Gasteiger partial charge in [0.15, 0.2) is 17.2 Å². The summed E-state index contributed by atoms with van der Waals surface area (Å²) in [4.78, 5) is 11.4. The van der Waals surface area contributed by atoms with Crippen molar-refractivity contribution < 1.29 is 19.0 Å². The van der Waals surface area contributed by atoms with E-state index in [0.717, 1.165) is 5.56 Å². The molecule has 0 bridgehead atoms. The van der Waals surface area contributed by atoms with Crippen molar-refractivity contribution in [3.8, 4) is 23.3 Å². The number of rotatable bonds is 4. The van der Waals surface area contributed by atoms with Crippen LogP contribution in [-0.2, 0) is 4.79 Å². The van der Waals surface area contributed by atoms with Gasteiger partial charge in [-0.2, -0.15) is 5.26 Å². The Bertz CT molecular complexity index is 1080. The summed E-state index contributed by atoms with van der Waals surface area (Å²) >= 11 is 3.48. The minimum Gasteiger partial charge on any atom is -0.493 e. The summed E-state index contributed by atoms with van der Waals surface area (Å²) in [6, 6.07) is 9.13. The van der Waals surface area contributed by atoms with E-state index in [2.05, 4.69) is 27.3 Å². The largest absolute Gasteiger partial charge is 0.493 e. The van der Waals surface area contributed by atoms with E-state index in [1.165, 1.54) is 21.1 Å². The molecule has 5 N–H and O–H groups in total. The molecule has 0 saturated heterocycles. The number of amides is 1. The number of hydrogen-bond donors (Lipinski definition) is 3. The lowest BCUT2D eigenvalue weighted by molar-refractivity contribution is -0.114. The first kappa shape index (κ1) is 20.4. The van der Waals surface area contributed by atoms with E-state index in [9.17, 15) is 10.1 Å². The van der Waals surface area contributed by atoms with Crippen LogP contribution in [0.3, 0.4) is 0 Å². The summed E-state index contributed by atoms with van der Waals surface area (Å²) in [5.41, 5.74) is 14.5. The lowest BCUT2D eigenvalue weighted by atomic mass is 9.83. The Morgan fingerprint density at radius 2 is 2.00 bits per heavy atom. The monoisotopic (exact) mass is 458 g/mol. The van der Waals surface area contributed by atoms with Gasteiger partial charge in [0.1, 0.15) is 11.6 Å². The van der Waals surface area contributed by atoms with Crippen LogP contribution in [0.1, 0.15) is 24.0 Å². The summed E-state index contributed by atoms with van der Waals surface area (Å²) in [7, 11) is 3.06. The second-order valence-electron chi connectivity index (χ2n) is 6.29. The molecule has 1 aliphatic rings. The summed E-state index contributed by atoms with van der Waals surface area (Å²) < 4.78 is 17.1. The first-order valence-corrected chi connectivity index (χ1v) is 9.30. The van der Waals surface area contributed by atoms with Gasteiger partial charge in [0, 0.05) is 12.5 Å². The summed E-state index contributed by atoms with van der Waals surface area (Å²) in [6.45, 7) is 1.38. The Labute approximate surface area is 176 Å². The molecule has 0 radical (unpaired) electrons. The Morgan fingerprint density at radius 1 is 1.28 bits per heavy atom. The molecule has 0 saturated carbocycles. The molecule has 150 valence electrons. The predicted octanol–water partition coefficient (Wildman–Crippen LogP) is 3.23. The number of carbonyl (C=O) groups excluding carboxylic acids is 1. The number of nitrogen functional groups attached to an aromatic ring is 1. The standard InChI is InChI=1S/C20H19BrN4O4/c1-9(26)25-14-5-4-11-16(12(8-22)20(24)29-18(11)17(14)23)10-6-13(21)19(28-3)15(7-10)27-2/h4-7,16H,23-24H2,1-3H3,(H,25,26). The molecule has 1 heterocycles. The van der Waals surface area contributed by atoms with Crippen molar-refractivity contribution in [2.45, 2.75) is 12.8 Å². The third-order valence-electron chi connectivity index (χ3n) is 4.52. The molecule has 1 atom stereocenters. The highest BCUT2D eigenvalue weighted by Gasteiger charge is 2.33. The molecule has 1 unspecified atom stereocenters. The Morgan fingerprint density at radius 3 is 2.59 bits per heavy atom. The number of nitrogens with one attached hydrogen (secondary N) is 1. The van der Waals surface area contributed by atoms with Crippen LogP contribution >= 0.6 is 15.9 Å². The second-order valence-corrected chi connectivity index (χ2v) is 7.14. The van der Waals surface area contributed by atoms with Crippen molar-refractivity contribution in [1.82, 2.24) is 0 Å². The van der Waals surface area contributed by atoms with Crippen molar-refractivity contribution >= 4 is 33.2 Å². The molecule has 9 heteroatoms. The minimum atomic E-state index is -0.548. The van der Waals surface area contributed by atoms with E-state index < -0.39 is 5.92 Å². The highest BCUT2D eigenvalue weighted by molar-refractivity contribution is 9.10. The number of nitrogens with zero attached hydrogens (tertiary/aromatic N) is 1. The van der Waals surface area contributed by atoms with Crippen molar-refractivity contribution in [3.05, 3.63) is 51.3 Å². The minimum absolute atomic E-state index is 0.0532. The molecule has 0 aromatic heterocycles. The molecular weight excluding hydrogens is 440 g/mol. The number of benzene rings is 2. The highest BCUT2D eigenvalue weighted by atomic mass is 79.9. The Hall–Kier alpha value is -3.38. The van der Waals surface area contributed by atoms with Crippen LogP contribution in [0.15, 0.2) is 40.2 Å². The van der Waals surface area contributed by atoms with E-state index in [1.807, 2.05) is 6.07 Å². The van der Waals surface area contributed by atoms with Crippen molar-refractivity contribution in [3.63, 3.8) is 0 Å². The zero-order valence-electron chi connectivity index (χ0n) is 16.0. The number of allylic oxidation sites excluding steroid dienone is 1. The number of nitriles is 1. The summed E-state index contributed by atoms with van der Waals surface area (Å²) in [5, 5.41) is 12.4. The number of anilines is 2. The molecule has 29 heavy (non-hydrogen) atoms. The van der Waals surface area contributed by atoms with Crippen LogP contribution in [0.2, 0.25) is 0 Å². The first-order chi connectivity index (χ1) is 13.8. The van der Waals surface area contributed by atoms with Gasteiger partial charge in [0.05, 0.1) is 36.0 Å². The highest BCUT2D eigenvalue weighted by Crippen LogP contribution is 2.49. The zero-order valence-corrected chi connectivity index (χ0v) is 17.6. The maximum Gasteiger partial charge on any atom is 0.221 e. The predicted molar refractivity (Wildman–Crippen MR) is 112 cm³/mol. The van der Waals surface area contributed by atoms with Gasteiger partial charge in [0.25, 0.3) is 0 Å². The second kappa shape index (κ2) is 7.93. The molecule has 0 spiro atoms. The average molecular weight is 459 g/mol. The average Bonchev–Trinajstić information content (AvgIpc) is 2.68. The maximum absolute atomic E-state index is 11.4. The number of fused-ring (bicyclic) bond motifs is 1. The van der Waals surface area contributed by atoms with E-state index in [-0.39, 0.29) is 23.1 Å². The molecule has 1 aliphatic heterocycles. The zero-order chi connectivity index (χ0) is 21.3. The van der Waals surface area contributed by atoms with E-state index in [4.69, 9.17) is 25.7 Å². The third-order valence-corrected chi connectivity index (χ3v) is 5.11. The van der Waals surface area contributed by atoms with Gasteiger partial charge in [-0.15, -0.1) is 0 Å². The van der Waals surface area contributed by atoms with Gasteiger partial charge in [-0.3, -0.25) is 4.79 Å².